The van der Waals surface area contributed by atoms with Gasteiger partial charge in [0, 0.05) is 0 Å². The van der Waals surface area contributed by atoms with E-state index in [4.69, 9.17) is 4.74 Å². The summed E-state index contributed by atoms with van der Waals surface area (Å²) in [4.78, 5) is 11.2. The fraction of sp³-hybridized carbons (Fsp3) is 0.214. The summed E-state index contributed by atoms with van der Waals surface area (Å²) in [5, 5.41) is 0. The topological polar surface area (TPSA) is 26.3 Å². The molecular weight excluding hydrogens is 200 g/mol. The van der Waals surface area contributed by atoms with Crippen LogP contribution in [0.15, 0.2) is 47.4 Å². The number of carbonyl (C=O) groups excluding carboxylic acids is 1. The first-order chi connectivity index (χ1) is 7.74. The summed E-state index contributed by atoms with van der Waals surface area (Å²) in [5.41, 5.74) is 7.03. The highest BCUT2D eigenvalue weighted by Crippen LogP contribution is 1.99. The molecule has 0 aliphatic heterocycles. The van der Waals surface area contributed by atoms with Crippen LogP contribution in [-0.4, -0.2) is 12.6 Å². The quantitative estimate of drug-likeness (QED) is 0.439. The maximum Gasteiger partial charge on any atom is 0.342 e. The molecule has 0 amide bonds. The minimum Gasteiger partial charge on any atom is -0.462 e. The third-order valence-electron chi connectivity index (χ3n) is 1.88. The number of hydrogen-bond acceptors (Lipinski definition) is 2. The molecule has 0 spiro atoms. The Hall–Kier alpha value is -2.01. The molecule has 0 atom stereocenters. The molecule has 0 saturated carbocycles. The Morgan fingerprint density at radius 2 is 2.06 bits per heavy atom. The van der Waals surface area contributed by atoms with Gasteiger partial charge in [-0.15, -0.1) is 0 Å². The highest BCUT2D eigenvalue weighted by Gasteiger charge is 2.01. The first kappa shape index (κ1) is 12.1. The molecule has 1 aromatic rings. The zero-order valence-electron chi connectivity index (χ0n) is 9.49. The first-order valence-electron chi connectivity index (χ1n) is 5.14. The monoisotopic (exact) mass is 214 g/mol. The van der Waals surface area contributed by atoms with E-state index in [0.717, 1.165) is 5.56 Å². The van der Waals surface area contributed by atoms with Gasteiger partial charge in [0.25, 0.3) is 0 Å². The van der Waals surface area contributed by atoms with Crippen molar-refractivity contribution in [3.05, 3.63) is 52.9 Å². The number of hydrogen-bond donors (Lipinski definition) is 0. The van der Waals surface area contributed by atoms with Crippen molar-refractivity contribution in [3.63, 3.8) is 0 Å². The Morgan fingerprint density at radius 1 is 1.38 bits per heavy atom. The van der Waals surface area contributed by atoms with Crippen molar-refractivity contribution in [1.82, 2.24) is 0 Å². The fourth-order valence-corrected chi connectivity index (χ4v) is 1.07. The Balaban J connectivity index is 2.83. The predicted molar refractivity (Wildman–Crippen MR) is 63.8 cm³/mol. The highest BCUT2D eigenvalue weighted by molar-refractivity contribution is 5.87. The van der Waals surface area contributed by atoms with Crippen molar-refractivity contribution in [1.29, 1.82) is 0 Å². The van der Waals surface area contributed by atoms with Crippen molar-refractivity contribution >= 4 is 12.0 Å². The molecule has 1 rings (SSSR count). The maximum absolute atomic E-state index is 11.2. The third-order valence-corrected chi connectivity index (χ3v) is 1.88. The maximum atomic E-state index is 11.2. The van der Waals surface area contributed by atoms with Gasteiger partial charge in [-0.25, -0.2) is 4.79 Å². The van der Waals surface area contributed by atoms with Crippen LogP contribution in [0.3, 0.4) is 0 Å². The number of esters is 1. The second-order valence-electron chi connectivity index (χ2n) is 3.17. The van der Waals surface area contributed by atoms with Crippen LogP contribution in [0.5, 0.6) is 0 Å². The standard InChI is InChI=1S/C14H14O2/c1-3-16-14(15)12(2)8-7-11-13-9-5-4-6-10-13/h4-6,9-11H,3H2,1-2H3. The average molecular weight is 214 g/mol. The van der Waals surface area contributed by atoms with Crippen LogP contribution in [0.2, 0.25) is 0 Å². The van der Waals surface area contributed by atoms with E-state index in [1.54, 1.807) is 19.9 Å². The van der Waals surface area contributed by atoms with E-state index < -0.39 is 0 Å². The summed E-state index contributed by atoms with van der Waals surface area (Å²) in [6, 6.07) is 9.73. The van der Waals surface area contributed by atoms with E-state index in [-0.39, 0.29) is 5.97 Å². The zero-order valence-corrected chi connectivity index (χ0v) is 9.49. The number of rotatable bonds is 3. The van der Waals surface area contributed by atoms with Gasteiger partial charge in [0.05, 0.1) is 12.2 Å². The summed E-state index contributed by atoms with van der Waals surface area (Å²) in [6.07, 6.45) is 1.77. The minimum absolute atomic E-state index is 0.350. The normalized spacial score (nSPS) is 8.62. The van der Waals surface area contributed by atoms with E-state index in [1.165, 1.54) is 0 Å². The first-order valence-corrected chi connectivity index (χ1v) is 5.14. The number of ether oxygens (including phenoxy) is 1. The molecule has 0 saturated heterocycles. The molecule has 82 valence electrons. The number of carbonyl (C=O) groups is 1. The average Bonchev–Trinajstić information content (AvgIpc) is 2.30. The second kappa shape index (κ2) is 6.47. The SMILES string of the molecule is CCOC(=O)C(C)=C=C=Cc1ccccc1. The second-order valence-corrected chi connectivity index (χ2v) is 3.17. The van der Waals surface area contributed by atoms with Gasteiger partial charge in [-0.05, 0) is 25.5 Å². The van der Waals surface area contributed by atoms with Crippen molar-refractivity contribution in [2.45, 2.75) is 13.8 Å². The summed E-state index contributed by atoms with van der Waals surface area (Å²) >= 11 is 0. The summed E-state index contributed by atoms with van der Waals surface area (Å²) < 4.78 is 4.81. The molecule has 0 aromatic heterocycles. The summed E-state index contributed by atoms with van der Waals surface area (Å²) in [7, 11) is 0. The largest absolute Gasteiger partial charge is 0.462 e. The molecule has 2 nitrogen and oxygen atoms in total. The molecule has 1 aromatic carbocycles. The lowest BCUT2D eigenvalue weighted by molar-refractivity contribution is -0.138. The van der Waals surface area contributed by atoms with Gasteiger partial charge in [-0.2, -0.15) is 0 Å². The Labute approximate surface area is 95.6 Å². The van der Waals surface area contributed by atoms with Gasteiger partial charge in [-0.1, -0.05) is 41.8 Å². The predicted octanol–water partition coefficient (Wildman–Crippen LogP) is 2.96. The third kappa shape index (κ3) is 4.02. The van der Waals surface area contributed by atoms with Crippen LogP contribution in [0.25, 0.3) is 6.08 Å². The molecule has 0 bridgehead atoms. The molecular formula is C14H14O2. The zero-order chi connectivity index (χ0) is 11.8. The number of benzene rings is 1. The molecule has 2 heteroatoms. The Kier molecular flexibility index (Phi) is 4.88. The fourth-order valence-electron chi connectivity index (χ4n) is 1.07. The minimum atomic E-state index is -0.350. The van der Waals surface area contributed by atoms with E-state index >= 15 is 0 Å². The molecule has 0 aliphatic rings. The lowest BCUT2D eigenvalue weighted by Gasteiger charge is -1.96. The molecule has 0 heterocycles. The smallest absolute Gasteiger partial charge is 0.342 e. The lowest BCUT2D eigenvalue weighted by atomic mass is 10.2. The van der Waals surface area contributed by atoms with Gasteiger partial charge in [0.2, 0.25) is 0 Å². The highest BCUT2D eigenvalue weighted by atomic mass is 16.5. The van der Waals surface area contributed by atoms with Crippen LogP contribution in [0, 0.1) is 0 Å². The molecule has 0 aliphatic carbocycles. The molecule has 0 fully saturated rings. The summed E-state index contributed by atoms with van der Waals surface area (Å²) in [6.45, 7) is 3.80. The van der Waals surface area contributed by atoms with Crippen LogP contribution >= 0.6 is 0 Å². The van der Waals surface area contributed by atoms with Gasteiger partial charge in [0.15, 0.2) is 0 Å². The molecule has 0 N–H and O–H groups in total. The van der Waals surface area contributed by atoms with E-state index in [0.29, 0.717) is 12.2 Å². The van der Waals surface area contributed by atoms with Crippen LogP contribution in [0.4, 0.5) is 0 Å². The van der Waals surface area contributed by atoms with Crippen LogP contribution in [0.1, 0.15) is 19.4 Å². The van der Waals surface area contributed by atoms with E-state index in [9.17, 15) is 4.79 Å². The van der Waals surface area contributed by atoms with Gasteiger partial charge in [0.1, 0.15) is 0 Å². The van der Waals surface area contributed by atoms with E-state index in [2.05, 4.69) is 11.5 Å². The van der Waals surface area contributed by atoms with Gasteiger partial charge >= 0.3 is 5.97 Å². The Morgan fingerprint density at radius 3 is 2.69 bits per heavy atom. The van der Waals surface area contributed by atoms with E-state index in [1.807, 2.05) is 30.3 Å². The molecule has 16 heavy (non-hydrogen) atoms. The van der Waals surface area contributed by atoms with Crippen molar-refractivity contribution in [2.24, 2.45) is 0 Å². The Bertz CT molecular complexity index is 445. The molecule has 0 unspecified atom stereocenters. The van der Waals surface area contributed by atoms with Crippen molar-refractivity contribution < 1.29 is 9.53 Å². The molecule has 0 radical (unpaired) electrons. The van der Waals surface area contributed by atoms with Crippen molar-refractivity contribution in [3.8, 4) is 0 Å². The van der Waals surface area contributed by atoms with Crippen LogP contribution in [-0.2, 0) is 9.53 Å². The van der Waals surface area contributed by atoms with Gasteiger partial charge in [-0.3, -0.25) is 0 Å². The van der Waals surface area contributed by atoms with Gasteiger partial charge < -0.3 is 4.74 Å². The van der Waals surface area contributed by atoms with Crippen LogP contribution < -0.4 is 0 Å². The lowest BCUT2D eigenvalue weighted by Crippen LogP contribution is -2.03. The summed E-state index contributed by atoms with van der Waals surface area (Å²) in [5.74, 6) is -0.350. The van der Waals surface area contributed by atoms with Crippen molar-refractivity contribution in [2.75, 3.05) is 6.61 Å².